The summed E-state index contributed by atoms with van der Waals surface area (Å²) in [5.41, 5.74) is 10.3. The van der Waals surface area contributed by atoms with Crippen LogP contribution in [0.25, 0.3) is 0 Å². The van der Waals surface area contributed by atoms with Crippen LogP contribution in [0, 0.1) is 0 Å². The van der Waals surface area contributed by atoms with E-state index < -0.39 is 5.66 Å². The normalized spacial score (nSPS) is 33.3. The lowest BCUT2D eigenvalue weighted by Gasteiger charge is -2.19. The summed E-state index contributed by atoms with van der Waals surface area (Å²) in [6.45, 7) is 1.78. The van der Waals surface area contributed by atoms with E-state index in [0.29, 0.717) is 5.96 Å². The van der Waals surface area contributed by atoms with Gasteiger partial charge in [-0.15, -0.1) is 0 Å². The van der Waals surface area contributed by atoms with Gasteiger partial charge in [0.05, 0.1) is 0 Å². The predicted molar refractivity (Wildman–Crippen MR) is 36.5 cm³/mol. The maximum absolute atomic E-state index is 5.57. The molecular weight excluding hydrogens is 116 g/mol. The second kappa shape index (κ2) is 1.73. The molecule has 1 unspecified atom stereocenters. The summed E-state index contributed by atoms with van der Waals surface area (Å²) >= 11 is 0. The van der Waals surface area contributed by atoms with E-state index in [-0.39, 0.29) is 0 Å². The minimum atomic E-state index is -0.630. The van der Waals surface area contributed by atoms with Crippen molar-refractivity contribution in [3.63, 3.8) is 0 Å². The first-order valence-corrected chi connectivity index (χ1v) is 2.69. The summed E-state index contributed by atoms with van der Waals surface area (Å²) in [6, 6.07) is 0. The van der Waals surface area contributed by atoms with E-state index in [0.717, 1.165) is 0 Å². The van der Waals surface area contributed by atoms with Crippen molar-refractivity contribution in [2.75, 3.05) is 0 Å². The van der Waals surface area contributed by atoms with Crippen LogP contribution in [0.3, 0.4) is 0 Å². The molecule has 4 heteroatoms. The van der Waals surface area contributed by atoms with E-state index in [2.05, 4.69) is 10.3 Å². The second-order valence-corrected chi connectivity index (χ2v) is 2.20. The van der Waals surface area contributed by atoms with Gasteiger partial charge in [0.2, 0.25) is 0 Å². The van der Waals surface area contributed by atoms with Crippen LogP contribution in [0.15, 0.2) is 17.3 Å². The maximum atomic E-state index is 5.57. The number of guanidine groups is 1. The summed E-state index contributed by atoms with van der Waals surface area (Å²) < 4.78 is 0. The van der Waals surface area contributed by atoms with Crippen LogP contribution in [0.4, 0.5) is 0 Å². The van der Waals surface area contributed by atoms with Gasteiger partial charge in [0.1, 0.15) is 5.66 Å². The maximum Gasteiger partial charge on any atom is 0.194 e. The first kappa shape index (κ1) is 6.10. The molecule has 1 rings (SSSR count). The number of hydrogen-bond donors (Lipinski definition) is 3. The van der Waals surface area contributed by atoms with Gasteiger partial charge in [-0.1, -0.05) is 0 Å². The molecule has 0 fully saturated rings. The van der Waals surface area contributed by atoms with E-state index in [1.165, 1.54) is 0 Å². The number of nitrogens with two attached hydrogens (primary N) is 2. The van der Waals surface area contributed by atoms with Gasteiger partial charge < -0.3 is 16.8 Å². The molecule has 0 aromatic rings. The van der Waals surface area contributed by atoms with E-state index in [1.807, 2.05) is 0 Å². The number of nitrogens with one attached hydrogen (secondary N) is 1. The Bertz CT molecular complexity index is 168. The quantitative estimate of drug-likeness (QED) is 0.393. The first-order valence-electron chi connectivity index (χ1n) is 2.69. The Labute approximate surface area is 53.6 Å². The average molecular weight is 126 g/mol. The first-order chi connectivity index (χ1) is 4.10. The molecule has 50 valence electrons. The zero-order chi connectivity index (χ0) is 6.91. The third-order valence-electron chi connectivity index (χ3n) is 1.01. The monoisotopic (exact) mass is 126 g/mol. The highest BCUT2D eigenvalue weighted by atomic mass is 15.2. The third-order valence-corrected chi connectivity index (χ3v) is 1.01. The van der Waals surface area contributed by atoms with E-state index in [9.17, 15) is 0 Å². The van der Waals surface area contributed by atoms with Crippen LogP contribution in [0.2, 0.25) is 0 Å². The van der Waals surface area contributed by atoms with Gasteiger partial charge in [0.15, 0.2) is 5.96 Å². The van der Waals surface area contributed by atoms with E-state index in [1.54, 1.807) is 19.2 Å². The molecule has 9 heavy (non-hydrogen) atoms. The molecule has 0 saturated heterocycles. The van der Waals surface area contributed by atoms with Gasteiger partial charge in [-0.2, -0.15) is 0 Å². The van der Waals surface area contributed by atoms with Crippen molar-refractivity contribution in [2.24, 2.45) is 16.5 Å². The second-order valence-electron chi connectivity index (χ2n) is 2.20. The smallest absolute Gasteiger partial charge is 0.194 e. The summed E-state index contributed by atoms with van der Waals surface area (Å²) in [4.78, 5) is 3.89. The topological polar surface area (TPSA) is 76.4 Å². The summed E-state index contributed by atoms with van der Waals surface area (Å²) in [5.74, 6) is 0.363. The SMILES string of the molecule is CC1(N)C=CNC(N)=N1. The summed E-state index contributed by atoms with van der Waals surface area (Å²) in [6.07, 6.45) is 3.42. The van der Waals surface area contributed by atoms with Crippen LogP contribution in [-0.4, -0.2) is 11.6 Å². The lowest BCUT2D eigenvalue weighted by molar-refractivity contribution is 0.605. The van der Waals surface area contributed by atoms with E-state index >= 15 is 0 Å². The zero-order valence-electron chi connectivity index (χ0n) is 5.26. The molecule has 5 N–H and O–H groups in total. The fourth-order valence-corrected chi connectivity index (χ4v) is 0.625. The lowest BCUT2D eigenvalue weighted by Crippen LogP contribution is -2.41. The summed E-state index contributed by atoms with van der Waals surface area (Å²) in [5, 5.41) is 2.70. The van der Waals surface area contributed by atoms with Crippen molar-refractivity contribution in [3.8, 4) is 0 Å². The van der Waals surface area contributed by atoms with Crippen molar-refractivity contribution in [3.05, 3.63) is 12.3 Å². The average Bonchev–Trinajstić information content (AvgIpc) is 1.60. The summed E-state index contributed by atoms with van der Waals surface area (Å²) in [7, 11) is 0. The number of nitrogens with zero attached hydrogens (tertiary/aromatic N) is 1. The Morgan fingerprint density at radius 1 is 1.78 bits per heavy atom. The molecule has 0 bridgehead atoms. The minimum absolute atomic E-state index is 0.363. The molecule has 1 atom stereocenters. The molecule has 0 radical (unpaired) electrons. The molecule has 0 spiro atoms. The Balaban J connectivity index is 2.78. The molecule has 0 amide bonds. The Kier molecular flexibility index (Phi) is 1.17. The van der Waals surface area contributed by atoms with Gasteiger partial charge >= 0.3 is 0 Å². The molecule has 0 aromatic carbocycles. The highest BCUT2D eigenvalue weighted by molar-refractivity contribution is 5.80. The van der Waals surface area contributed by atoms with Gasteiger partial charge in [0.25, 0.3) is 0 Å². The minimum Gasteiger partial charge on any atom is -0.370 e. The number of hydrogen-bond acceptors (Lipinski definition) is 4. The third kappa shape index (κ3) is 1.43. The van der Waals surface area contributed by atoms with Crippen LogP contribution in [0.1, 0.15) is 6.92 Å². The van der Waals surface area contributed by atoms with Crippen molar-refractivity contribution in [2.45, 2.75) is 12.6 Å². The van der Waals surface area contributed by atoms with Crippen molar-refractivity contribution >= 4 is 5.96 Å². The molecule has 1 aliphatic heterocycles. The van der Waals surface area contributed by atoms with Gasteiger partial charge in [-0.05, 0) is 13.0 Å². The van der Waals surface area contributed by atoms with Crippen molar-refractivity contribution in [1.82, 2.24) is 5.32 Å². The molecule has 0 aromatic heterocycles. The molecule has 1 heterocycles. The lowest BCUT2D eigenvalue weighted by atomic mass is 10.2. The highest BCUT2D eigenvalue weighted by Gasteiger charge is 2.14. The van der Waals surface area contributed by atoms with Gasteiger partial charge in [0, 0.05) is 6.20 Å². The predicted octanol–water partition coefficient (Wildman–Crippen LogP) is -0.907. The van der Waals surface area contributed by atoms with Crippen molar-refractivity contribution < 1.29 is 0 Å². The molecule has 0 aliphatic carbocycles. The van der Waals surface area contributed by atoms with Gasteiger partial charge in [-0.3, -0.25) is 0 Å². The zero-order valence-corrected chi connectivity index (χ0v) is 5.26. The molecule has 0 saturated carbocycles. The Hall–Kier alpha value is -1.03. The molecule has 1 aliphatic rings. The van der Waals surface area contributed by atoms with Crippen LogP contribution in [0.5, 0.6) is 0 Å². The van der Waals surface area contributed by atoms with Crippen LogP contribution in [-0.2, 0) is 0 Å². The molecular formula is C5H10N4. The molecule has 4 nitrogen and oxygen atoms in total. The fraction of sp³-hybridized carbons (Fsp3) is 0.400. The van der Waals surface area contributed by atoms with Gasteiger partial charge in [-0.25, -0.2) is 4.99 Å². The number of aliphatic imine (C=N–C) groups is 1. The van der Waals surface area contributed by atoms with E-state index in [4.69, 9.17) is 11.5 Å². The van der Waals surface area contributed by atoms with Crippen LogP contribution >= 0.6 is 0 Å². The Morgan fingerprint density at radius 2 is 2.44 bits per heavy atom. The fourth-order valence-electron chi connectivity index (χ4n) is 0.625. The standard InChI is InChI=1S/C5H10N4/c1-5(7)2-3-8-4(6)9-5/h2-3H,7H2,1H3,(H3,6,8,9). The Morgan fingerprint density at radius 3 is 2.78 bits per heavy atom. The highest BCUT2D eigenvalue weighted by Crippen LogP contribution is 2.04. The van der Waals surface area contributed by atoms with Crippen LogP contribution < -0.4 is 16.8 Å². The van der Waals surface area contributed by atoms with Crippen molar-refractivity contribution in [1.29, 1.82) is 0 Å². The largest absolute Gasteiger partial charge is 0.370 e. The number of rotatable bonds is 0.